The zero-order chi connectivity index (χ0) is 15.1. The standard InChI is InChI=1S/C12H14Cl3NO3S/c1-7(17)8-2-3-16(6-8)20(18,19)12-10(14)4-9(13)5-11(12)15/h4-5,7-8,17H,2-3,6H2,1H3. The Hall–Kier alpha value is -0.0400. The summed E-state index contributed by atoms with van der Waals surface area (Å²) in [4.78, 5) is -0.128. The first-order valence-corrected chi connectivity index (χ1v) is 8.63. The van der Waals surface area contributed by atoms with Crippen molar-refractivity contribution in [2.45, 2.75) is 24.3 Å². The number of aliphatic hydroxyl groups excluding tert-OH is 1. The van der Waals surface area contributed by atoms with Crippen LogP contribution in [0.5, 0.6) is 0 Å². The highest BCUT2D eigenvalue weighted by atomic mass is 35.5. The number of rotatable bonds is 3. The molecule has 0 radical (unpaired) electrons. The van der Waals surface area contributed by atoms with Crippen molar-refractivity contribution in [2.24, 2.45) is 5.92 Å². The van der Waals surface area contributed by atoms with E-state index in [1.165, 1.54) is 16.4 Å². The summed E-state index contributed by atoms with van der Waals surface area (Å²) in [6, 6.07) is 2.70. The van der Waals surface area contributed by atoms with Gasteiger partial charge in [0, 0.05) is 18.1 Å². The van der Waals surface area contributed by atoms with Crippen LogP contribution in [0.1, 0.15) is 13.3 Å². The minimum atomic E-state index is -3.78. The van der Waals surface area contributed by atoms with Crippen LogP contribution in [0.3, 0.4) is 0 Å². The highest BCUT2D eigenvalue weighted by molar-refractivity contribution is 7.89. The van der Waals surface area contributed by atoms with Crippen LogP contribution in [0.25, 0.3) is 0 Å². The molecule has 0 aromatic heterocycles. The van der Waals surface area contributed by atoms with Crippen LogP contribution in [0.15, 0.2) is 17.0 Å². The van der Waals surface area contributed by atoms with Gasteiger partial charge in [0.1, 0.15) is 4.90 Å². The van der Waals surface area contributed by atoms with Crippen molar-refractivity contribution in [3.8, 4) is 0 Å². The Kier molecular flexibility index (Phi) is 4.89. The molecule has 0 saturated carbocycles. The SMILES string of the molecule is CC(O)C1CCN(S(=O)(=O)c2c(Cl)cc(Cl)cc2Cl)C1. The average molecular weight is 359 g/mol. The smallest absolute Gasteiger partial charge is 0.246 e. The lowest BCUT2D eigenvalue weighted by Gasteiger charge is -2.19. The highest BCUT2D eigenvalue weighted by Crippen LogP contribution is 2.36. The summed E-state index contributed by atoms with van der Waals surface area (Å²) in [5, 5.41) is 9.85. The van der Waals surface area contributed by atoms with Crippen molar-refractivity contribution in [3.63, 3.8) is 0 Å². The molecule has 0 spiro atoms. The average Bonchev–Trinajstić information content (AvgIpc) is 2.76. The second-order valence-electron chi connectivity index (χ2n) is 4.85. The fraction of sp³-hybridized carbons (Fsp3) is 0.500. The molecule has 1 aromatic rings. The van der Waals surface area contributed by atoms with Gasteiger partial charge < -0.3 is 5.11 Å². The Morgan fingerprint density at radius 1 is 1.30 bits per heavy atom. The van der Waals surface area contributed by atoms with Crippen LogP contribution in [0.4, 0.5) is 0 Å². The van der Waals surface area contributed by atoms with Crippen LogP contribution in [0.2, 0.25) is 15.1 Å². The molecule has 2 rings (SSSR count). The van der Waals surface area contributed by atoms with Crippen molar-refractivity contribution in [1.29, 1.82) is 0 Å². The summed E-state index contributed by atoms with van der Waals surface area (Å²) in [5.41, 5.74) is 0. The van der Waals surface area contributed by atoms with Gasteiger partial charge in [0.25, 0.3) is 0 Å². The second kappa shape index (κ2) is 5.99. The van der Waals surface area contributed by atoms with E-state index in [2.05, 4.69) is 0 Å². The Morgan fingerprint density at radius 3 is 2.30 bits per heavy atom. The third kappa shape index (κ3) is 3.08. The van der Waals surface area contributed by atoms with E-state index in [1.54, 1.807) is 6.92 Å². The summed E-state index contributed by atoms with van der Waals surface area (Å²) >= 11 is 17.7. The lowest BCUT2D eigenvalue weighted by atomic mass is 10.0. The lowest BCUT2D eigenvalue weighted by Crippen LogP contribution is -2.31. The van der Waals surface area contributed by atoms with Gasteiger partial charge in [-0.15, -0.1) is 0 Å². The Labute approximate surface area is 133 Å². The zero-order valence-corrected chi connectivity index (χ0v) is 13.8. The Balaban J connectivity index is 2.38. The van der Waals surface area contributed by atoms with E-state index in [4.69, 9.17) is 34.8 Å². The van der Waals surface area contributed by atoms with Gasteiger partial charge in [0.05, 0.1) is 16.1 Å². The molecule has 8 heteroatoms. The summed E-state index contributed by atoms with van der Waals surface area (Å²) in [6.07, 6.45) is 0.0612. The third-order valence-corrected chi connectivity index (χ3v) is 6.44. The van der Waals surface area contributed by atoms with Crippen molar-refractivity contribution in [2.75, 3.05) is 13.1 Å². The van der Waals surface area contributed by atoms with E-state index in [1.807, 2.05) is 0 Å². The largest absolute Gasteiger partial charge is 0.393 e. The van der Waals surface area contributed by atoms with E-state index in [-0.39, 0.29) is 32.4 Å². The molecular formula is C12H14Cl3NO3S. The molecule has 1 aromatic carbocycles. The number of hydrogen-bond acceptors (Lipinski definition) is 3. The molecule has 1 heterocycles. The van der Waals surface area contributed by atoms with Crippen LogP contribution < -0.4 is 0 Å². The second-order valence-corrected chi connectivity index (χ2v) is 7.98. The molecule has 1 N–H and O–H groups in total. The highest BCUT2D eigenvalue weighted by Gasteiger charge is 2.36. The van der Waals surface area contributed by atoms with Crippen molar-refractivity contribution < 1.29 is 13.5 Å². The van der Waals surface area contributed by atoms with Gasteiger partial charge in [-0.25, -0.2) is 8.42 Å². The molecule has 0 amide bonds. The minimum absolute atomic E-state index is 0.00277. The molecule has 1 aliphatic heterocycles. The van der Waals surface area contributed by atoms with Gasteiger partial charge in [-0.2, -0.15) is 4.31 Å². The fourth-order valence-corrected chi connectivity index (χ4v) is 5.27. The first-order chi connectivity index (χ1) is 9.23. The molecule has 2 unspecified atom stereocenters. The predicted molar refractivity (Wildman–Crippen MR) is 80.0 cm³/mol. The lowest BCUT2D eigenvalue weighted by molar-refractivity contribution is 0.133. The minimum Gasteiger partial charge on any atom is -0.393 e. The third-order valence-electron chi connectivity index (χ3n) is 3.43. The normalized spacial score (nSPS) is 22.1. The Bertz CT molecular complexity index is 595. The number of halogens is 3. The first kappa shape index (κ1) is 16.3. The van der Waals surface area contributed by atoms with Gasteiger partial charge >= 0.3 is 0 Å². The van der Waals surface area contributed by atoms with Gasteiger partial charge in [0.2, 0.25) is 10.0 Å². The molecule has 1 saturated heterocycles. The maximum atomic E-state index is 12.6. The number of aliphatic hydroxyl groups is 1. The number of hydrogen-bond donors (Lipinski definition) is 1. The van der Waals surface area contributed by atoms with Crippen molar-refractivity contribution >= 4 is 44.8 Å². The Morgan fingerprint density at radius 2 is 1.85 bits per heavy atom. The number of benzene rings is 1. The monoisotopic (exact) mass is 357 g/mol. The summed E-state index contributed by atoms with van der Waals surface area (Å²) in [7, 11) is -3.78. The molecule has 0 aliphatic carbocycles. The van der Waals surface area contributed by atoms with E-state index in [0.717, 1.165) is 0 Å². The molecule has 1 aliphatic rings. The quantitative estimate of drug-likeness (QED) is 0.903. The predicted octanol–water partition coefficient (Wildman–Crippen LogP) is 3.04. The molecular weight excluding hydrogens is 345 g/mol. The van der Waals surface area contributed by atoms with Crippen molar-refractivity contribution in [1.82, 2.24) is 4.31 Å². The van der Waals surface area contributed by atoms with Crippen molar-refractivity contribution in [3.05, 3.63) is 27.2 Å². The molecule has 112 valence electrons. The molecule has 1 fully saturated rings. The zero-order valence-electron chi connectivity index (χ0n) is 10.7. The summed E-state index contributed by atoms with van der Waals surface area (Å²) < 4.78 is 26.5. The topological polar surface area (TPSA) is 57.6 Å². The number of sulfonamides is 1. The molecule has 2 atom stereocenters. The molecule has 4 nitrogen and oxygen atoms in total. The van der Waals surface area contributed by atoms with E-state index in [9.17, 15) is 13.5 Å². The van der Waals surface area contributed by atoms with Gasteiger partial charge in [0.15, 0.2) is 0 Å². The van der Waals surface area contributed by atoms with Crippen LogP contribution in [-0.2, 0) is 10.0 Å². The van der Waals surface area contributed by atoms with E-state index >= 15 is 0 Å². The number of nitrogens with zero attached hydrogens (tertiary/aromatic N) is 1. The van der Waals surface area contributed by atoms with E-state index in [0.29, 0.717) is 13.0 Å². The molecule has 0 bridgehead atoms. The fourth-order valence-electron chi connectivity index (χ4n) is 2.27. The van der Waals surface area contributed by atoms with Gasteiger partial charge in [-0.05, 0) is 31.4 Å². The first-order valence-electron chi connectivity index (χ1n) is 6.06. The summed E-state index contributed by atoms with van der Waals surface area (Å²) in [6.45, 7) is 2.26. The molecule has 20 heavy (non-hydrogen) atoms. The van der Waals surface area contributed by atoms with Gasteiger partial charge in [-0.3, -0.25) is 0 Å². The van der Waals surface area contributed by atoms with Crippen LogP contribution in [-0.4, -0.2) is 37.0 Å². The summed E-state index contributed by atoms with van der Waals surface area (Å²) in [5.74, 6) is -0.0744. The van der Waals surface area contributed by atoms with Crippen LogP contribution in [0, 0.1) is 5.92 Å². The maximum Gasteiger partial charge on any atom is 0.246 e. The van der Waals surface area contributed by atoms with Gasteiger partial charge in [-0.1, -0.05) is 34.8 Å². The van der Waals surface area contributed by atoms with E-state index < -0.39 is 16.1 Å². The van der Waals surface area contributed by atoms with Crippen LogP contribution >= 0.6 is 34.8 Å². The maximum absolute atomic E-state index is 12.6.